The Morgan fingerprint density at radius 1 is 1.58 bits per heavy atom. The molecule has 19 heavy (non-hydrogen) atoms. The zero-order valence-corrected chi connectivity index (χ0v) is 11.2. The minimum absolute atomic E-state index is 0.0411. The monoisotopic (exact) mass is 285 g/mol. The number of halogens is 1. The molecule has 0 aromatic heterocycles. The molecule has 1 amide bonds. The first kappa shape index (κ1) is 15.1. The third-order valence-corrected chi connectivity index (χ3v) is 2.79. The van der Waals surface area contributed by atoms with Crippen molar-refractivity contribution in [2.45, 2.75) is 25.8 Å². The van der Waals surface area contributed by atoms with Crippen LogP contribution in [0.5, 0.6) is 5.75 Å². The van der Waals surface area contributed by atoms with Crippen LogP contribution in [0.3, 0.4) is 0 Å². The molecule has 1 aromatic carbocycles. The quantitative estimate of drug-likeness (QED) is 0.286. The second-order valence-corrected chi connectivity index (χ2v) is 4.44. The number of carbonyl (C=O) groups is 1. The van der Waals surface area contributed by atoms with Crippen molar-refractivity contribution in [3.8, 4) is 5.75 Å². The maximum absolute atomic E-state index is 12.0. The van der Waals surface area contributed by atoms with Gasteiger partial charge in [0.15, 0.2) is 5.84 Å². The third kappa shape index (κ3) is 4.03. The van der Waals surface area contributed by atoms with Gasteiger partial charge in [-0.05, 0) is 24.6 Å². The number of oxime groups is 1. The Kier molecular flexibility index (Phi) is 5.44. The molecule has 1 atom stereocenters. The van der Waals surface area contributed by atoms with Gasteiger partial charge in [0, 0.05) is 5.02 Å². The number of hydrogen-bond acceptors (Lipinski definition) is 4. The molecule has 1 unspecified atom stereocenters. The van der Waals surface area contributed by atoms with Crippen molar-refractivity contribution >= 4 is 23.3 Å². The number of nitrogens with zero attached hydrogens (tertiary/aromatic N) is 1. The van der Waals surface area contributed by atoms with E-state index in [1.165, 1.54) is 18.2 Å². The first-order chi connectivity index (χ1) is 8.99. The molecule has 1 aromatic rings. The molecular weight excluding hydrogens is 270 g/mol. The van der Waals surface area contributed by atoms with Crippen molar-refractivity contribution in [3.63, 3.8) is 0 Å². The number of phenolic OH excluding ortho intramolecular Hbond substituents is 1. The number of benzene rings is 1. The Hall–Kier alpha value is -1.95. The van der Waals surface area contributed by atoms with E-state index < -0.39 is 11.9 Å². The first-order valence-electron chi connectivity index (χ1n) is 5.76. The minimum atomic E-state index is -0.596. The number of nitrogens with two attached hydrogens (primary N) is 1. The van der Waals surface area contributed by atoms with Crippen LogP contribution in [-0.4, -0.2) is 28.1 Å². The molecule has 6 nitrogen and oxygen atoms in total. The lowest BCUT2D eigenvalue weighted by Gasteiger charge is -2.17. The van der Waals surface area contributed by atoms with Crippen LogP contribution in [0.15, 0.2) is 23.4 Å². The summed E-state index contributed by atoms with van der Waals surface area (Å²) in [5.74, 6) is -0.807. The predicted molar refractivity (Wildman–Crippen MR) is 72.7 cm³/mol. The zero-order chi connectivity index (χ0) is 14.4. The van der Waals surface area contributed by atoms with E-state index in [-0.39, 0.29) is 17.1 Å². The Morgan fingerprint density at radius 2 is 2.26 bits per heavy atom. The van der Waals surface area contributed by atoms with E-state index in [0.29, 0.717) is 11.4 Å². The van der Waals surface area contributed by atoms with Gasteiger partial charge in [0.1, 0.15) is 5.75 Å². The van der Waals surface area contributed by atoms with Crippen molar-refractivity contribution in [2.75, 3.05) is 0 Å². The largest absolute Gasteiger partial charge is 0.507 e. The standard InChI is InChI=1S/C12H16ClN3O3/c1-2-3-9(11(14)16-19)15-12(18)8-6-7(13)4-5-10(8)17/h4-6,9,17,19H,2-3H2,1H3,(H2,14,16)(H,15,18). The lowest BCUT2D eigenvalue weighted by Crippen LogP contribution is -2.44. The second-order valence-electron chi connectivity index (χ2n) is 4.00. The SMILES string of the molecule is CCCC(NC(=O)c1cc(Cl)ccc1O)/C(N)=N/O. The summed E-state index contributed by atoms with van der Waals surface area (Å²) >= 11 is 5.77. The van der Waals surface area contributed by atoms with E-state index in [9.17, 15) is 9.90 Å². The lowest BCUT2D eigenvalue weighted by atomic mass is 10.1. The Morgan fingerprint density at radius 3 is 2.84 bits per heavy atom. The molecular formula is C12H16ClN3O3. The molecule has 0 saturated heterocycles. The highest BCUT2D eigenvalue weighted by Gasteiger charge is 2.19. The molecule has 0 aliphatic carbocycles. The second kappa shape index (κ2) is 6.84. The van der Waals surface area contributed by atoms with Crippen LogP contribution >= 0.6 is 11.6 Å². The predicted octanol–water partition coefficient (Wildman–Crippen LogP) is 1.69. The van der Waals surface area contributed by atoms with E-state index in [2.05, 4.69) is 10.5 Å². The average Bonchev–Trinajstić information content (AvgIpc) is 2.40. The van der Waals surface area contributed by atoms with Crippen LogP contribution in [0.1, 0.15) is 30.1 Å². The summed E-state index contributed by atoms with van der Waals surface area (Å²) in [4.78, 5) is 12.0. The Labute approximate surface area is 115 Å². The molecule has 0 heterocycles. The fraction of sp³-hybridized carbons (Fsp3) is 0.333. The molecule has 0 aliphatic heterocycles. The summed E-state index contributed by atoms with van der Waals surface area (Å²) in [7, 11) is 0. The number of aromatic hydroxyl groups is 1. The van der Waals surface area contributed by atoms with Crippen molar-refractivity contribution in [2.24, 2.45) is 10.9 Å². The van der Waals surface area contributed by atoms with Crippen LogP contribution in [0.4, 0.5) is 0 Å². The zero-order valence-electron chi connectivity index (χ0n) is 10.4. The number of nitrogens with one attached hydrogen (secondary N) is 1. The van der Waals surface area contributed by atoms with Crippen molar-refractivity contribution in [1.29, 1.82) is 0 Å². The van der Waals surface area contributed by atoms with E-state index in [0.717, 1.165) is 6.42 Å². The molecule has 7 heteroatoms. The summed E-state index contributed by atoms with van der Waals surface area (Å²) in [5, 5.41) is 24.1. The molecule has 0 fully saturated rings. The van der Waals surface area contributed by atoms with Gasteiger partial charge in [0.25, 0.3) is 5.91 Å². The first-order valence-corrected chi connectivity index (χ1v) is 6.14. The smallest absolute Gasteiger partial charge is 0.255 e. The number of amidine groups is 1. The van der Waals surface area contributed by atoms with Crippen LogP contribution in [0.2, 0.25) is 5.02 Å². The Bertz CT molecular complexity index is 491. The summed E-state index contributed by atoms with van der Waals surface area (Å²) in [6.45, 7) is 1.90. The molecule has 0 spiro atoms. The van der Waals surface area contributed by atoms with E-state index >= 15 is 0 Å². The topological polar surface area (TPSA) is 108 Å². The minimum Gasteiger partial charge on any atom is -0.507 e. The fourth-order valence-corrected chi connectivity index (χ4v) is 1.75. The molecule has 0 bridgehead atoms. The van der Waals surface area contributed by atoms with Crippen molar-refractivity contribution < 1.29 is 15.1 Å². The number of carbonyl (C=O) groups excluding carboxylic acids is 1. The van der Waals surface area contributed by atoms with Gasteiger partial charge in [0.2, 0.25) is 0 Å². The van der Waals surface area contributed by atoms with Crippen LogP contribution in [0.25, 0.3) is 0 Å². The molecule has 5 N–H and O–H groups in total. The molecule has 0 aliphatic rings. The third-order valence-electron chi connectivity index (χ3n) is 2.56. The maximum atomic E-state index is 12.0. The highest BCUT2D eigenvalue weighted by Crippen LogP contribution is 2.21. The van der Waals surface area contributed by atoms with Gasteiger partial charge in [-0.3, -0.25) is 4.79 Å². The van der Waals surface area contributed by atoms with E-state index in [4.69, 9.17) is 22.5 Å². The lowest BCUT2D eigenvalue weighted by molar-refractivity contribution is 0.0942. The van der Waals surface area contributed by atoms with Crippen molar-refractivity contribution in [3.05, 3.63) is 28.8 Å². The normalized spacial score (nSPS) is 13.1. The van der Waals surface area contributed by atoms with Gasteiger partial charge in [-0.15, -0.1) is 0 Å². The van der Waals surface area contributed by atoms with Gasteiger partial charge in [0.05, 0.1) is 11.6 Å². The van der Waals surface area contributed by atoms with Crippen LogP contribution < -0.4 is 11.1 Å². The highest BCUT2D eigenvalue weighted by atomic mass is 35.5. The average molecular weight is 286 g/mol. The van der Waals surface area contributed by atoms with Gasteiger partial charge >= 0.3 is 0 Å². The summed E-state index contributed by atoms with van der Waals surface area (Å²) in [5.41, 5.74) is 5.54. The van der Waals surface area contributed by atoms with E-state index in [1.54, 1.807) is 0 Å². The molecule has 0 radical (unpaired) electrons. The summed E-state index contributed by atoms with van der Waals surface area (Å²) in [6, 6.07) is 3.55. The number of hydrogen-bond donors (Lipinski definition) is 4. The maximum Gasteiger partial charge on any atom is 0.255 e. The number of amides is 1. The van der Waals surface area contributed by atoms with Gasteiger partial charge in [-0.1, -0.05) is 30.1 Å². The van der Waals surface area contributed by atoms with E-state index in [1.807, 2.05) is 6.92 Å². The summed E-state index contributed by atoms with van der Waals surface area (Å²) in [6.07, 6.45) is 1.26. The molecule has 104 valence electrons. The van der Waals surface area contributed by atoms with Gasteiger partial charge in [-0.25, -0.2) is 0 Å². The van der Waals surface area contributed by atoms with Gasteiger partial charge < -0.3 is 21.4 Å². The van der Waals surface area contributed by atoms with Gasteiger partial charge in [-0.2, -0.15) is 0 Å². The van der Waals surface area contributed by atoms with Crippen LogP contribution in [-0.2, 0) is 0 Å². The number of phenols is 1. The fourth-order valence-electron chi connectivity index (χ4n) is 1.58. The molecule has 1 rings (SSSR count). The Balaban J connectivity index is 2.90. The molecule has 0 saturated carbocycles. The van der Waals surface area contributed by atoms with Crippen molar-refractivity contribution in [1.82, 2.24) is 5.32 Å². The highest BCUT2D eigenvalue weighted by molar-refractivity contribution is 6.31. The number of rotatable bonds is 5. The summed E-state index contributed by atoms with van der Waals surface area (Å²) < 4.78 is 0. The van der Waals surface area contributed by atoms with Crippen LogP contribution in [0, 0.1) is 0 Å².